The normalized spacial score (nSPS) is 11.1. The van der Waals surface area contributed by atoms with E-state index in [-0.39, 0.29) is 5.78 Å². The van der Waals surface area contributed by atoms with Crippen LogP contribution in [0.1, 0.15) is 20.3 Å². The lowest BCUT2D eigenvalue weighted by molar-refractivity contribution is -0.116. The van der Waals surface area contributed by atoms with Gasteiger partial charge in [-0.15, -0.1) is 0 Å². The van der Waals surface area contributed by atoms with Crippen LogP contribution in [0.5, 0.6) is 0 Å². The quantitative estimate of drug-likeness (QED) is 0.526. The maximum Gasteiger partial charge on any atom is 0.133 e. The summed E-state index contributed by atoms with van der Waals surface area (Å²) in [5.74, 6) is 0.191. The molecule has 0 aliphatic carbocycles. The van der Waals surface area contributed by atoms with Gasteiger partial charge in [0.25, 0.3) is 0 Å². The average molecular weight is 124 g/mol. The van der Waals surface area contributed by atoms with Crippen molar-refractivity contribution in [2.45, 2.75) is 20.3 Å². The van der Waals surface area contributed by atoms with E-state index in [9.17, 15) is 4.79 Å². The Morgan fingerprint density at radius 2 is 2.11 bits per heavy atom. The molecule has 0 unspecified atom stereocenters. The van der Waals surface area contributed by atoms with Crippen LogP contribution in [0.15, 0.2) is 24.3 Å². The molecule has 1 heteroatoms. The molecule has 0 aromatic carbocycles. The Labute approximate surface area is 56.1 Å². The lowest BCUT2D eigenvalue weighted by Gasteiger charge is -1.87. The van der Waals surface area contributed by atoms with E-state index in [4.69, 9.17) is 0 Å². The second-order valence-electron chi connectivity index (χ2n) is 2.06. The van der Waals surface area contributed by atoms with Gasteiger partial charge < -0.3 is 0 Å². The number of rotatable bonds is 3. The molecule has 0 fully saturated rings. The second-order valence-corrected chi connectivity index (χ2v) is 2.06. The molecule has 50 valence electrons. The average Bonchev–Trinajstić information content (AvgIpc) is 1.83. The molecule has 0 saturated heterocycles. The van der Waals surface area contributed by atoms with Gasteiger partial charge in [0.15, 0.2) is 0 Å². The van der Waals surface area contributed by atoms with E-state index in [1.807, 2.05) is 13.0 Å². The number of hydrogen-bond acceptors (Lipinski definition) is 1. The zero-order valence-corrected chi connectivity index (χ0v) is 5.98. The van der Waals surface area contributed by atoms with Gasteiger partial charge in [0.05, 0.1) is 0 Å². The molecule has 0 aliphatic rings. The third-order valence-electron chi connectivity index (χ3n) is 1.03. The highest BCUT2D eigenvalue weighted by molar-refractivity contribution is 5.77. The fraction of sp³-hybridized carbons (Fsp3) is 0.375. The largest absolute Gasteiger partial charge is 0.300 e. The first-order valence-electron chi connectivity index (χ1n) is 2.95. The fourth-order valence-corrected chi connectivity index (χ4v) is 0.388. The van der Waals surface area contributed by atoms with Gasteiger partial charge in [-0.05, 0) is 13.8 Å². The Balaban J connectivity index is 3.69. The van der Waals surface area contributed by atoms with Gasteiger partial charge >= 0.3 is 0 Å². The van der Waals surface area contributed by atoms with Crippen molar-refractivity contribution in [1.29, 1.82) is 0 Å². The molecular formula is C8H12O. The molecule has 0 aliphatic heterocycles. The lowest BCUT2D eigenvalue weighted by atomic mass is 10.2. The van der Waals surface area contributed by atoms with Gasteiger partial charge in [-0.3, -0.25) is 4.79 Å². The molecule has 0 radical (unpaired) electrons. The number of allylic oxidation sites excluding steroid dienone is 3. The van der Waals surface area contributed by atoms with Gasteiger partial charge in [0.1, 0.15) is 5.78 Å². The van der Waals surface area contributed by atoms with E-state index in [1.165, 1.54) is 0 Å². The SMILES string of the molecule is C=C/C(C)=C\CC(C)=O. The monoisotopic (exact) mass is 124 g/mol. The van der Waals surface area contributed by atoms with Gasteiger partial charge in [0.2, 0.25) is 0 Å². The highest BCUT2D eigenvalue weighted by atomic mass is 16.1. The topological polar surface area (TPSA) is 17.1 Å². The van der Waals surface area contributed by atoms with Gasteiger partial charge in [-0.2, -0.15) is 0 Å². The van der Waals surface area contributed by atoms with Crippen LogP contribution in [0, 0.1) is 0 Å². The third-order valence-corrected chi connectivity index (χ3v) is 1.03. The molecule has 0 saturated carbocycles. The van der Waals surface area contributed by atoms with Crippen molar-refractivity contribution in [2.24, 2.45) is 0 Å². The van der Waals surface area contributed by atoms with Crippen molar-refractivity contribution in [2.75, 3.05) is 0 Å². The van der Waals surface area contributed by atoms with Crippen LogP contribution >= 0.6 is 0 Å². The molecule has 0 bridgehead atoms. The lowest BCUT2D eigenvalue weighted by Crippen LogP contribution is -1.84. The molecular weight excluding hydrogens is 112 g/mol. The molecule has 0 N–H and O–H groups in total. The van der Waals surface area contributed by atoms with Crippen LogP contribution in [0.4, 0.5) is 0 Å². The Morgan fingerprint density at radius 3 is 2.44 bits per heavy atom. The summed E-state index contributed by atoms with van der Waals surface area (Å²) >= 11 is 0. The van der Waals surface area contributed by atoms with Crippen LogP contribution in [0.25, 0.3) is 0 Å². The molecule has 0 heterocycles. The summed E-state index contributed by atoms with van der Waals surface area (Å²) in [5, 5.41) is 0. The molecule has 0 rings (SSSR count). The Morgan fingerprint density at radius 1 is 1.56 bits per heavy atom. The third kappa shape index (κ3) is 5.01. The number of carbonyl (C=O) groups excluding carboxylic acids is 1. The van der Waals surface area contributed by atoms with E-state index in [0.717, 1.165) is 5.57 Å². The van der Waals surface area contributed by atoms with Gasteiger partial charge in [-0.1, -0.05) is 24.3 Å². The summed E-state index contributed by atoms with van der Waals surface area (Å²) in [6, 6.07) is 0. The molecule has 0 amide bonds. The smallest absolute Gasteiger partial charge is 0.133 e. The van der Waals surface area contributed by atoms with E-state index in [0.29, 0.717) is 6.42 Å². The zero-order valence-electron chi connectivity index (χ0n) is 5.98. The van der Waals surface area contributed by atoms with E-state index in [1.54, 1.807) is 13.0 Å². The molecule has 0 aromatic heterocycles. The van der Waals surface area contributed by atoms with Crippen LogP contribution in [-0.4, -0.2) is 5.78 Å². The predicted molar refractivity (Wildman–Crippen MR) is 39.3 cm³/mol. The molecule has 1 nitrogen and oxygen atoms in total. The standard InChI is InChI=1S/C8H12O/c1-4-7(2)5-6-8(3)9/h4-5H,1,6H2,2-3H3/b7-5-. The summed E-state index contributed by atoms with van der Waals surface area (Å²) in [5.41, 5.74) is 1.06. The van der Waals surface area contributed by atoms with Crippen molar-refractivity contribution in [3.8, 4) is 0 Å². The Hall–Kier alpha value is -0.850. The number of carbonyl (C=O) groups is 1. The number of Topliss-reactive ketones (excluding diaryl/α,β-unsaturated/α-hetero) is 1. The Kier molecular flexibility index (Phi) is 3.69. The van der Waals surface area contributed by atoms with Crippen LogP contribution in [0.3, 0.4) is 0 Å². The molecule has 0 spiro atoms. The van der Waals surface area contributed by atoms with Gasteiger partial charge in [0, 0.05) is 6.42 Å². The fourth-order valence-electron chi connectivity index (χ4n) is 0.388. The molecule has 0 aromatic rings. The minimum Gasteiger partial charge on any atom is -0.300 e. The van der Waals surface area contributed by atoms with Crippen molar-refractivity contribution in [3.63, 3.8) is 0 Å². The maximum atomic E-state index is 10.4. The number of hydrogen-bond donors (Lipinski definition) is 0. The van der Waals surface area contributed by atoms with E-state index < -0.39 is 0 Å². The molecule has 9 heavy (non-hydrogen) atoms. The first-order valence-corrected chi connectivity index (χ1v) is 2.95. The van der Waals surface area contributed by atoms with Crippen LogP contribution in [0.2, 0.25) is 0 Å². The highest BCUT2D eigenvalue weighted by Gasteiger charge is 1.86. The molecule has 0 atom stereocenters. The van der Waals surface area contributed by atoms with Gasteiger partial charge in [-0.25, -0.2) is 0 Å². The van der Waals surface area contributed by atoms with Crippen molar-refractivity contribution < 1.29 is 4.79 Å². The highest BCUT2D eigenvalue weighted by Crippen LogP contribution is 1.95. The predicted octanol–water partition coefficient (Wildman–Crippen LogP) is 2.10. The summed E-state index contributed by atoms with van der Waals surface area (Å²) in [6.45, 7) is 7.06. The minimum atomic E-state index is 0.191. The van der Waals surface area contributed by atoms with E-state index in [2.05, 4.69) is 6.58 Å². The van der Waals surface area contributed by atoms with Crippen LogP contribution < -0.4 is 0 Å². The van der Waals surface area contributed by atoms with E-state index >= 15 is 0 Å². The summed E-state index contributed by atoms with van der Waals surface area (Å²) in [7, 11) is 0. The Bertz CT molecular complexity index is 143. The second kappa shape index (κ2) is 4.07. The first kappa shape index (κ1) is 8.15. The van der Waals surface area contributed by atoms with Crippen molar-refractivity contribution in [1.82, 2.24) is 0 Å². The summed E-state index contributed by atoms with van der Waals surface area (Å²) in [4.78, 5) is 10.4. The maximum absolute atomic E-state index is 10.4. The zero-order chi connectivity index (χ0) is 7.28. The summed E-state index contributed by atoms with van der Waals surface area (Å²) < 4.78 is 0. The van der Waals surface area contributed by atoms with Crippen molar-refractivity contribution in [3.05, 3.63) is 24.3 Å². The van der Waals surface area contributed by atoms with Crippen molar-refractivity contribution >= 4 is 5.78 Å². The number of ketones is 1. The summed E-state index contributed by atoms with van der Waals surface area (Å²) in [6.07, 6.45) is 4.14. The first-order chi connectivity index (χ1) is 4.16. The van der Waals surface area contributed by atoms with Crippen LogP contribution in [-0.2, 0) is 4.79 Å². The minimum absolute atomic E-state index is 0.191.